The molecule has 2 fully saturated rings. The molecular formula is C24H32N4O2. The molecule has 2 aromatic rings. The van der Waals surface area contributed by atoms with Gasteiger partial charge in [0.15, 0.2) is 0 Å². The molecule has 2 aliphatic heterocycles. The van der Waals surface area contributed by atoms with Gasteiger partial charge in [0.1, 0.15) is 0 Å². The molecule has 6 heteroatoms. The van der Waals surface area contributed by atoms with Gasteiger partial charge in [0.2, 0.25) is 0 Å². The Balaban J connectivity index is 1.53. The van der Waals surface area contributed by atoms with Crippen molar-refractivity contribution in [2.75, 3.05) is 32.8 Å². The standard InChI is InChI=1S/C24H32N4O2/c1-3-30-23(29)24-10-6-12-27(14-20-8-5-11-25-13-20)15-21(24)16-28(18-24)17-22-9-4-7-19(2)26-22/h4-5,7-9,11,13,21H,3,6,10,12,14-18H2,1-2H3/t21-,24-/m0/s1. The zero-order valence-corrected chi connectivity index (χ0v) is 18.1. The molecule has 0 saturated carbocycles. The number of likely N-dealkylation sites (tertiary alicyclic amines) is 2. The second-order valence-corrected chi connectivity index (χ2v) is 8.71. The Labute approximate surface area is 179 Å². The Bertz CT molecular complexity index is 859. The van der Waals surface area contributed by atoms with Gasteiger partial charge < -0.3 is 4.74 Å². The number of carbonyl (C=O) groups is 1. The third-order valence-corrected chi connectivity index (χ3v) is 6.48. The van der Waals surface area contributed by atoms with E-state index in [1.807, 2.05) is 38.4 Å². The van der Waals surface area contributed by atoms with Crippen molar-refractivity contribution in [1.29, 1.82) is 0 Å². The average molecular weight is 409 g/mol. The van der Waals surface area contributed by atoms with E-state index in [1.54, 1.807) is 0 Å². The van der Waals surface area contributed by atoms with Crippen LogP contribution in [0.4, 0.5) is 0 Å². The predicted octanol–water partition coefficient (Wildman–Crippen LogP) is 3.06. The zero-order valence-electron chi connectivity index (χ0n) is 18.1. The van der Waals surface area contributed by atoms with Crippen LogP contribution >= 0.6 is 0 Å². The fourth-order valence-corrected chi connectivity index (χ4v) is 5.15. The first kappa shape index (κ1) is 20.9. The molecule has 30 heavy (non-hydrogen) atoms. The number of hydrogen-bond donors (Lipinski definition) is 0. The molecule has 0 amide bonds. The number of aromatic nitrogens is 2. The fourth-order valence-electron chi connectivity index (χ4n) is 5.15. The van der Waals surface area contributed by atoms with Gasteiger partial charge in [-0.25, -0.2) is 0 Å². The van der Waals surface area contributed by atoms with Crippen LogP contribution in [-0.2, 0) is 22.6 Å². The molecule has 0 aromatic carbocycles. The minimum atomic E-state index is -0.413. The van der Waals surface area contributed by atoms with Gasteiger partial charge >= 0.3 is 5.97 Å². The van der Waals surface area contributed by atoms with E-state index in [4.69, 9.17) is 4.74 Å². The molecule has 6 nitrogen and oxygen atoms in total. The highest BCUT2D eigenvalue weighted by Crippen LogP contribution is 2.44. The molecular weight excluding hydrogens is 376 g/mol. The first-order chi connectivity index (χ1) is 14.6. The normalized spacial score (nSPS) is 24.9. The molecule has 2 atom stereocenters. The number of rotatable bonds is 6. The van der Waals surface area contributed by atoms with E-state index in [2.05, 4.69) is 38.0 Å². The smallest absolute Gasteiger partial charge is 0.313 e. The van der Waals surface area contributed by atoms with Crippen LogP contribution in [0.1, 0.15) is 36.7 Å². The van der Waals surface area contributed by atoms with Crippen LogP contribution in [0, 0.1) is 18.3 Å². The molecule has 0 radical (unpaired) electrons. The maximum Gasteiger partial charge on any atom is 0.313 e. The van der Waals surface area contributed by atoms with E-state index >= 15 is 0 Å². The SMILES string of the molecule is CCOC(=O)[C@]12CCCN(Cc3cccnc3)C[C@H]1CN(Cc1cccc(C)n1)C2. The highest BCUT2D eigenvalue weighted by Gasteiger charge is 2.53. The number of aryl methyl sites for hydroxylation is 1. The molecule has 4 rings (SSSR count). The fraction of sp³-hybridized carbons (Fsp3) is 0.542. The maximum atomic E-state index is 13.2. The van der Waals surface area contributed by atoms with Crippen molar-refractivity contribution in [1.82, 2.24) is 19.8 Å². The predicted molar refractivity (Wildman–Crippen MR) is 116 cm³/mol. The number of nitrogens with zero attached hydrogens (tertiary/aromatic N) is 4. The summed E-state index contributed by atoms with van der Waals surface area (Å²) < 4.78 is 5.60. The third-order valence-electron chi connectivity index (χ3n) is 6.48. The molecule has 0 bridgehead atoms. The topological polar surface area (TPSA) is 58.6 Å². The summed E-state index contributed by atoms with van der Waals surface area (Å²) in [6.45, 7) is 9.59. The van der Waals surface area contributed by atoms with Crippen molar-refractivity contribution in [3.8, 4) is 0 Å². The largest absolute Gasteiger partial charge is 0.466 e. The Morgan fingerprint density at radius 2 is 2.07 bits per heavy atom. The van der Waals surface area contributed by atoms with E-state index in [1.165, 1.54) is 5.56 Å². The van der Waals surface area contributed by atoms with Gasteiger partial charge in [0.05, 0.1) is 17.7 Å². The molecule has 0 unspecified atom stereocenters. The number of pyridine rings is 2. The van der Waals surface area contributed by atoms with Crippen molar-refractivity contribution in [3.63, 3.8) is 0 Å². The minimum Gasteiger partial charge on any atom is -0.466 e. The molecule has 2 aliphatic rings. The van der Waals surface area contributed by atoms with Crippen molar-refractivity contribution in [2.24, 2.45) is 11.3 Å². The lowest BCUT2D eigenvalue weighted by molar-refractivity contribution is -0.157. The van der Waals surface area contributed by atoms with Gasteiger partial charge in [0, 0.05) is 56.7 Å². The molecule has 0 spiro atoms. The highest BCUT2D eigenvalue weighted by molar-refractivity contribution is 5.78. The van der Waals surface area contributed by atoms with Crippen molar-refractivity contribution in [3.05, 3.63) is 59.7 Å². The number of fused-ring (bicyclic) bond motifs is 1. The zero-order chi connectivity index (χ0) is 21.0. The third kappa shape index (κ3) is 4.55. The summed E-state index contributed by atoms with van der Waals surface area (Å²) in [5.41, 5.74) is 2.91. The summed E-state index contributed by atoms with van der Waals surface area (Å²) in [6, 6.07) is 10.3. The minimum absolute atomic E-state index is 0.0158. The van der Waals surface area contributed by atoms with Crippen LogP contribution < -0.4 is 0 Å². The molecule has 2 saturated heterocycles. The van der Waals surface area contributed by atoms with Gasteiger partial charge in [-0.3, -0.25) is 24.6 Å². The van der Waals surface area contributed by atoms with Crippen LogP contribution in [0.3, 0.4) is 0 Å². The summed E-state index contributed by atoms with van der Waals surface area (Å²) in [5.74, 6) is 0.249. The van der Waals surface area contributed by atoms with E-state index in [0.717, 1.165) is 63.5 Å². The highest BCUT2D eigenvalue weighted by atomic mass is 16.5. The van der Waals surface area contributed by atoms with Crippen LogP contribution in [0.5, 0.6) is 0 Å². The van der Waals surface area contributed by atoms with Gasteiger partial charge in [-0.1, -0.05) is 12.1 Å². The van der Waals surface area contributed by atoms with Crippen LogP contribution in [-0.4, -0.2) is 58.5 Å². The maximum absolute atomic E-state index is 13.2. The number of hydrogen-bond acceptors (Lipinski definition) is 6. The lowest BCUT2D eigenvalue weighted by Gasteiger charge is -2.31. The summed E-state index contributed by atoms with van der Waals surface area (Å²) in [4.78, 5) is 27.0. The monoisotopic (exact) mass is 408 g/mol. The second-order valence-electron chi connectivity index (χ2n) is 8.71. The first-order valence-corrected chi connectivity index (χ1v) is 11.0. The Hall–Kier alpha value is -2.31. The van der Waals surface area contributed by atoms with E-state index in [9.17, 15) is 4.79 Å². The molecule has 2 aromatic heterocycles. The summed E-state index contributed by atoms with van der Waals surface area (Å²) in [5, 5.41) is 0. The van der Waals surface area contributed by atoms with E-state index in [-0.39, 0.29) is 11.9 Å². The van der Waals surface area contributed by atoms with E-state index < -0.39 is 5.41 Å². The number of carbonyl (C=O) groups excluding carboxylic acids is 1. The van der Waals surface area contributed by atoms with Crippen LogP contribution in [0.25, 0.3) is 0 Å². The molecule has 0 N–H and O–H groups in total. The van der Waals surface area contributed by atoms with Crippen molar-refractivity contribution in [2.45, 2.75) is 39.8 Å². The second kappa shape index (κ2) is 9.23. The molecule has 160 valence electrons. The Kier molecular flexibility index (Phi) is 6.44. The van der Waals surface area contributed by atoms with Crippen molar-refractivity contribution >= 4 is 5.97 Å². The van der Waals surface area contributed by atoms with Gasteiger partial charge in [-0.05, 0) is 57.0 Å². The van der Waals surface area contributed by atoms with Crippen LogP contribution in [0.15, 0.2) is 42.7 Å². The lowest BCUT2D eigenvalue weighted by atomic mass is 9.75. The van der Waals surface area contributed by atoms with Crippen LogP contribution in [0.2, 0.25) is 0 Å². The van der Waals surface area contributed by atoms with Gasteiger partial charge in [0.25, 0.3) is 0 Å². The van der Waals surface area contributed by atoms with Gasteiger partial charge in [-0.2, -0.15) is 0 Å². The summed E-state index contributed by atoms with van der Waals surface area (Å²) >= 11 is 0. The van der Waals surface area contributed by atoms with E-state index in [0.29, 0.717) is 6.61 Å². The average Bonchev–Trinajstić information content (AvgIpc) is 2.97. The van der Waals surface area contributed by atoms with Crippen molar-refractivity contribution < 1.29 is 9.53 Å². The lowest BCUT2D eigenvalue weighted by Crippen LogP contribution is -2.42. The number of esters is 1. The Morgan fingerprint density at radius 1 is 1.20 bits per heavy atom. The molecule has 0 aliphatic carbocycles. The Morgan fingerprint density at radius 3 is 2.83 bits per heavy atom. The quantitative estimate of drug-likeness (QED) is 0.685. The summed E-state index contributed by atoms with van der Waals surface area (Å²) in [6.07, 6.45) is 5.64. The van der Waals surface area contributed by atoms with Gasteiger partial charge in [-0.15, -0.1) is 0 Å². The molecule has 4 heterocycles. The number of ether oxygens (including phenoxy) is 1. The summed E-state index contributed by atoms with van der Waals surface area (Å²) in [7, 11) is 0. The first-order valence-electron chi connectivity index (χ1n) is 11.0.